The average Bonchev–Trinajstić information content (AvgIpc) is 2.04. The predicted molar refractivity (Wildman–Crippen MR) is 44.5 cm³/mol. The van der Waals surface area contributed by atoms with E-state index in [0.29, 0.717) is 11.6 Å². The molecule has 5 heteroatoms. The highest BCUT2D eigenvalue weighted by Gasteiger charge is 2.06. The second-order valence-corrected chi connectivity index (χ2v) is 2.22. The van der Waals surface area contributed by atoms with Crippen LogP contribution in [0, 0.1) is 0 Å². The minimum absolute atomic E-state index is 0.190. The van der Waals surface area contributed by atoms with Crippen molar-refractivity contribution in [3.63, 3.8) is 0 Å². The normalized spacial score (nSPS) is 9.18. The fourth-order valence-electron chi connectivity index (χ4n) is 0.644. The summed E-state index contributed by atoms with van der Waals surface area (Å²) in [6.07, 6.45) is 3.03. The molecular weight excluding hydrogens is 162 g/mol. The Hall–Kier alpha value is -1.23. The maximum absolute atomic E-state index is 5.34. The van der Waals surface area contributed by atoms with Crippen molar-refractivity contribution in [2.24, 2.45) is 5.73 Å². The molecule has 0 spiro atoms. The van der Waals surface area contributed by atoms with Gasteiger partial charge in [-0.15, -0.1) is 0 Å². The molecule has 0 saturated heterocycles. The van der Waals surface area contributed by atoms with Crippen LogP contribution in [0.1, 0.15) is 5.69 Å². The summed E-state index contributed by atoms with van der Waals surface area (Å²) >= 11 is 4.71. The van der Waals surface area contributed by atoms with Gasteiger partial charge in [-0.3, -0.25) is 0 Å². The van der Waals surface area contributed by atoms with Crippen LogP contribution in [-0.4, -0.2) is 22.1 Å². The number of nitrogens with two attached hydrogens (primary N) is 1. The lowest BCUT2D eigenvalue weighted by Crippen LogP contribution is -2.13. The summed E-state index contributed by atoms with van der Waals surface area (Å²) in [5.74, 6) is 0.361. The Morgan fingerprint density at radius 1 is 1.55 bits per heavy atom. The molecule has 1 aromatic rings. The van der Waals surface area contributed by atoms with Gasteiger partial charge in [-0.25, -0.2) is 9.97 Å². The van der Waals surface area contributed by atoms with E-state index < -0.39 is 0 Å². The Labute approximate surface area is 69.4 Å². The Morgan fingerprint density at radius 3 is 2.64 bits per heavy atom. The summed E-state index contributed by atoms with van der Waals surface area (Å²) < 4.78 is 4.87. The SMILES string of the molecule is COc1nccnc1C(N)=S. The standard InChI is InChI=1S/C6H7N3OS/c1-10-6-4(5(7)11)8-2-3-9-6/h2-3H,1H3,(H2,7,11). The molecule has 58 valence electrons. The van der Waals surface area contributed by atoms with Gasteiger partial charge in [0.25, 0.3) is 0 Å². The molecule has 0 saturated carbocycles. The van der Waals surface area contributed by atoms with Crippen molar-refractivity contribution in [2.75, 3.05) is 7.11 Å². The van der Waals surface area contributed by atoms with Gasteiger partial charge >= 0.3 is 0 Å². The smallest absolute Gasteiger partial charge is 0.242 e. The molecule has 4 nitrogen and oxygen atoms in total. The van der Waals surface area contributed by atoms with Crippen molar-refractivity contribution in [1.82, 2.24) is 9.97 Å². The molecule has 0 amide bonds. The van der Waals surface area contributed by atoms with Gasteiger partial charge in [0, 0.05) is 12.4 Å². The maximum Gasteiger partial charge on any atom is 0.242 e. The van der Waals surface area contributed by atoms with E-state index in [1.165, 1.54) is 19.5 Å². The number of rotatable bonds is 2. The summed E-state index contributed by atoms with van der Waals surface area (Å²) in [6.45, 7) is 0. The monoisotopic (exact) mass is 169 g/mol. The fraction of sp³-hybridized carbons (Fsp3) is 0.167. The minimum Gasteiger partial charge on any atom is -0.479 e. The molecule has 0 radical (unpaired) electrons. The number of ether oxygens (including phenoxy) is 1. The number of thiocarbonyl (C=S) groups is 1. The highest BCUT2D eigenvalue weighted by atomic mass is 32.1. The number of hydrogen-bond acceptors (Lipinski definition) is 4. The molecule has 0 aromatic carbocycles. The van der Waals surface area contributed by atoms with Crippen LogP contribution in [0.4, 0.5) is 0 Å². The average molecular weight is 169 g/mol. The van der Waals surface area contributed by atoms with E-state index in [4.69, 9.17) is 22.7 Å². The molecule has 1 rings (SSSR count). The zero-order valence-electron chi connectivity index (χ0n) is 5.94. The highest BCUT2D eigenvalue weighted by molar-refractivity contribution is 7.80. The summed E-state index contributed by atoms with van der Waals surface area (Å²) in [4.78, 5) is 7.95. The first-order valence-electron chi connectivity index (χ1n) is 2.90. The van der Waals surface area contributed by atoms with Crippen LogP contribution in [0.2, 0.25) is 0 Å². The van der Waals surface area contributed by atoms with Gasteiger partial charge in [0.15, 0.2) is 5.69 Å². The van der Waals surface area contributed by atoms with E-state index >= 15 is 0 Å². The Morgan fingerprint density at radius 2 is 2.18 bits per heavy atom. The molecule has 0 aliphatic heterocycles. The van der Waals surface area contributed by atoms with Crippen LogP contribution in [0.5, 0.6) is 5.88 Å². The van der Waals surface area contributed by atoms with Crippen LogP contribution in [0.25, 0.3) is 0 Å². The summed E-state index contributed by atoms with van der Waals surface area (Å²) in [6, 6.07) is 0. The number of nitrogens with zero attached hydrogens (tertiary/aromatic N) is 2. The molecule has 0 bridgehead atoms. The number of methoxy groups -OCH3 is 1. The quantitative estimate of drug-likeness (QED) is 0.637. The van der Waals surface area contributed by atoms with E-state index in [9.17, 15) is 0 Å². The molecule has 11 heavy (non-hydrogen) atoms. The minimum atomic E-state index is 0.190. The van der Waals surface area contributed by atoms with Gasteiger partial charge in [0.05, 0.1) is 7.11 Å². The van der Waals surface area contributed by atoms with Crippen LogP contribution in [0.3, 0.4) is 0 Å². The third-order valence-electron chi connectivity index (χ3n) is 1.09. The van der Waals surface area contributed by atoms with Gasteiger partial charge in [-0.2, -0.15) is 0 Å². The van der Waals surface area contributed by atoms with E-state index in [0.717, 1.165) is 0 Å². The number of aromatic nitrogens is 2. The van der Waals surface area contributed by atoms with Crippen LogP contribution in [0.15, 0.2) is 12.4 Å². The highest BCUT2D eigenvalue weighted by Crippen LogP contribution is 2.08. The van der Waals surface area contributed by atoms with E-state index in [1.807, 2.05) is 0 Å². The fourth-order valence-corrected chi connectivity index (χ4v) is 0.784. The van der Waals surface area contributed by atoms with Crippen molar-refractivity contribution in [2.45, 2.75) is 0 Å². The van der Waals surface area contributed by atoms with Crippen LogP contribution >= 0.6 is 12.2 Å². The van der Waals surface area contributed by atoms with E-state index in [1.54, 1.807) is 0 Å². The van der Waals surface area contributed by atoms with Crippen molar-refractivity contribution < 1.29 is 4.74 Å². The molecular formula is C6H7N3OS. The van der Waals surface area contributed by atoms with Crippen molar-refractivity contribution in [3.8, 4) is 5.88 Å². The topological polar surface area (TPSA) is 61.0 Å². The van der Waals surface area contributed by atoms with Crippen molar-refractivity contribution in [1.29, 1.82) is 0 Å². The predicted octanol–water partition coefficient (Wildman–Crippen LogP) is 0.119. The third-order valence-corrected chi connectivity index (χ3v) is 1.28. The summed E-state index contributed by atoms with van der Waals surface area (Å²) in [5, 5.41) is 0. The molecule has 0 unspecified atom stereocenters. The van der Waals surface area contributed by atoms with Gasteiger partial charge in [-0.1, -0.05) is 12.2 Å². The van der Waals surface area contributed by atoms with Gasteiger partial charge in [-0.05, 0) is 0 Å². The molecule has 0 fully saturated rings. The molecule has 1 aromatic heterocycles. The van der Waals surface area contributed by atoms with Gasteiger partial charge in [0.1, 0.15) is 4.99 Å². The van der Waals surface area contributed by atoms with E-state index in [-0.39, 0.29) is 4.99 Å². The summed E-state index contributed by atoms with van der Waals surface area (Å²) in [7, 11) is 1.49. The zero-order chi connectivity index (χ0) is 8.27. The Bertz CT molecular complexity index is 276. The number of hydrogen-bond donors (Lipinski definition) is 1. The van der Waals surface area contributed by atoms with Crippen LogP contribution in [-0.2, 0) is 0 Å². The Kier molecular flexibility index (Phi) is 2.32. The van der Waals surface area contributed by atoms with Gasteiger partial charge in [0.2, 0.25) is 5.88 Å². The Balaban J connectivity index is 3.12. The second kappa shape index (κ2) is 3.25. The van der Waals surface area contributed by atoms with Gasteiger partial charge < -0.3 is 10.5 Å². The molecule has 2 N–H and O–H groups in total. The lowest BCUT2D eigenvalue weighted by Gasteiger charge is -2.01. The molecule has 0 atom stereocenters. The third kappa shape index (κ3) is 1.62. The van der Waals surface area contributed by atoms with Crippen LogP contribution < -0.4 is 10.5 Å². The van der Waals surface area contributed by atoms with Crippen molar-refractivity contribution >= 4 is 17.2 Å². The molecule has 0 aliphatic rings. The summed E-state index contributed by atoms with van der Waals surface area (Å²) in [5.41, 5.74) is 5.76. The zero-order valence-corrected chi connectivity index (χ0v) is 6.76. The molecule has 0 aliphatic carbocycles. The van der Waals surface area contributed by atoms with E-state index in [2.05, 4.69) is 9.97 Å². The first kappa shape index (κ1) is 7.87. The maximum atomic E-state index is 5.34. The van der Waals surface area contributed by atoms with Crippen molar-refractivity contribution in [3.05, 3.63) is 18.1 Å². The largest absolute Gasteiger partial charge is 0.479 e. The second-order valence-electron chi connectivity index (χ2n) is 1.78. The first-order valence-corrected chi connectivity index (χ1v) is 3.31. The first-order chi connectivity index (χ1) is 5.25. The molecule has 1 heterocycles. The lowest BCUT2D eigenvalue weighted by molar-refractivity contribution is 0.394. The lowest BCUT2D eigenvalue weighted by atomic mass is 10.4.